The number of amides is 1. The van der Waals surface area contributed by atoms with Gasteiger partial charge >= 0.3 is 0 Å². The molecule has 9 heteroatoms. The van der Waals surface area contributed by atoms with Gasteiger partial charge in [-0.3, -0.25) is 14.9 Å². The Hall–Kier alpha value is -3.20. The van der Waals surface area contributed by atoms with Crippen molar-refractivity contribution in [3.8, 4) is 0 Å². The zero-order valence-electron chi connectivity index (χ0n) is 17.0. The number of hydrogen-bond acceptors (Lipinski definition) is 6. The first-order valence-corrected chi connectivity index (χ1v) is 11.6. The van der Waals surface area contributed by atoms with Gasteiger partial charge in [0.25, 0.3) is 15.7 Å². The number of carbonyl (C=O) groups is 1. The molecule has 1 aliphatic rings. The van der Waals surface area contributed by atoms with Crippen molar-refractivity contribution in [2.75, 3.05) is 4.31 Å². The van der Waals surface area contributed by atoms with Crippen LogP contribution in [0, 0.1) is 10.1 Å². The molecule has 0 unspecified atom stereocenters. The summed E-state index contributed by atoms with van der Waals surface area (Å²) < 4.78 is 33.6. The van der Waals surface area contributed by atoms with E-state index in [1.807, 2.05) is 0 Å². The summed E-state index contributed by atoms with van der Waals surface area (Å²) >= 11 is 0. The fourth-order valence-electron chi connectivity index (χ4n) is 3.97. The van der Waals surface area contributed by atoms with E-state index in [0.717, 1.165) is 52.8 Å². The standard InChI is InChI=1S/C22H22N2O6S/c1-2-6-22(25)23(31(28,29)17-8-5-7-16(13-17)24(26)27)15-11-12-21-19(14-15)18-9-3-4-10-20(18)30-21/h5,7-8,11-14H,2-4,6,9-10H2,1H3. The van der Waals surface area contributed by atoms with Gasteiger partial charge < -0.3 is 4.42 Å². The fraction of sp³-hybridized carbons (Fsp3) is 0.318. The summed E-state index contributed by atoms with van der Waals surface area (Å²) in [5.74, 6) is 0.317. The minimum Gasteiger partial charge on any atom is -0.461 e. The minimum atomic E-state index is -4.36. The SMILES string of the molecule is CCCC(=O)N(c1ccc2oc3c(c2c1)CCCC3)S(=O)(=O)c1cccc([N+](=O)[O-])c1. The summed E-state index contributed by atoms with van der Waals surface area (Å²) in [6, 6.07) is 9.63. The Kier molecular flexibility index (Phi) is 5.53. The van der Waals surface area contributed by atoms with Gasteiger partial charge in [-0.25, -0.2) is 12.7 Å². The highest BCUT2D eigenvalue weighted by molar-refractivity contribution is 7.93. The number of nitro benzene ring substituents is 1. The number of fused-ring (bicyclic) bond motifs is 3. The Balaban J connectivity index is 1.86. The zero-order valence-corrected chi connectivity index (χ0v) is 17.9. The van der Waals surface area contributed by atoms with Crippen molar-refractivity contribution in [2.45, 2.75) is 50.3 Å². The Morgan fingerprint density at radius 1 is 1.16 bits per heavy atom. The van der Waals surface area contributed by atoms with E-state index in [0.29, 0.717) is 12.0 Å². The van der Waals surface area contributed by atoms with Gasteiger partial charge in [-0.2, -0.15) is 0 Å². The second kappa shape index (κ2) is 8.14. The van der Waals surface area contributed by atoms with Crippen LogP contribution >= 0.6 is 0 Å². The van der Waals surface area contributed by atoms with Crippen LogP contribution in [0.5, 0.6) is 0 Å². The normalized spacial score (nSPS) is 13.7. The van der Waals surface area contributed by atoms with Crippen molar-refractivity contribution < 1.29 is 22.6 Å². The Bertz CT molecular complexity index is 1280. The average Bonchev–Trinajstić information content (AvgIpc) is 3.12. The van der Waals surface area contributed by atoms with Crippen molar-refractivity contribution >= 4 is 38.3 Å². The average molecular weight is 442 g/mol. The van der Waals surface area contributed by atoms with E-state index < -0.39 is 20.9 Å². The van der Waals surface area contributed by atoms with Crippen LogP contribution < -0.4 is 4.31 Å². The molecule has 0 spiro atoms. The predicted molar refractivity (Wildman–Crippen MR) is 116 cm³/mol. The van der Waals surface area contributed by atoms with E-state index in [4.69, 9.17) is 4.42 Å². The first kappa shape index (κ1) is 21.0. The predicted octanol–water partition coefficient (Wildman–Crippen LogP) is 4.74. The molecular formula is C22H22N2O6S. The highest BCUT2D eigenvalue weighted by atomic mass is 32.2. The number of benzene rings is 2. The lowest BCUT2D eigenvalue weighted by molar-refractivity contribution is -0.385. The third-order valence-electron chi connectivity index (χ3n) is 5.43. The molecule has 162 valence electrons. The largest absolute Gasteiger partial charge is 0.461 e. The van der Waals surface area contributed by atoms with Gasteiger partial charge in [0.1, 0.15) is 11.3 Å². The second-order valence-electron chi connectivity index (χ2n) is 7.56. The number of nitrogens with zero attached hydrogens (tertiary/aromatic N) is 2. The molecule has 0 bridgehead atoms. The maximum Gasteiger partial charge on any atom is 0.271 e. The molecule has 0 aliphatic heterocycles. The van der Waals surface area contributed by atoms with Crippen LogP contribution in [0.4, 0.5) is 11.4 Å². The summed E-state index contributed by atoms with van der Waals surface area (Å²) in [7, 11) is -4.36. The molecule has 1 amide bonds. The first-order valence-electron chi connectivity index (χ1n) is 10.2. The lowest BCUT2D eigenvalue weighted by Crippen LogP contribution is -2.36. The van der Waals surface area contributed by atoms with Gasteiger partial charge in [0, 0.05) is 35.9 Å². The summed E-state index contributed by atoms with van der Waals surface area (Å²) in [5.41, 5.74) is 1.56. The van der Waals surface area contributed by atoms with Gasteiger partial charge in [0.2, 0.25) is 5.91 Å². The molecule has 0 radical (unpaired) electrons. The van der Waals surface area contributed by atoms with Crippen LogP contribution in [0.1, 0.15) is 43.9 Å². The number of sulfonamides is 1. The van der Waals surface area contributed by atoms with E-state index >= 15 is 0 Å². The molecular weight excluding hydrogens is 420 g/mol. The highest BCUT2D eigenvalue weighted by Gasteiger charge is 2.32. The van der Waals surface area contributed by atoms with E-state index in [1.165, 1.54) is 18.2 Å². The molecule has 0 saturated heterocycles. The third-order valence-corrected chi connectivity index (χ3v) is 7.17. The quantitative estimate of drug-likeness (QED) is 0.403. The fourth-order valence-corrected chi connectivity index (χ4v) is 5.45. The van der Waals surface area contributed by atoms with Crippen molar-refractivity contribution in [1.82, 2.24) is 0 Å². The maximum absolute atomic E-state index is 13.4. The van der Waals surface area contributed by atoms with Crippen LogP contribution in [0.2, 0.25) is 0 Å². The number of rotatable bonds is 6. The summed E-state index contributed by atoms with van der Waals surface area (Å²) in [6.45, 7) is 1.78. The molecule has 31 heavy (non-hydrogen) atoms. The van der Waals surface area contributed by atoms with E-state index in [1.54, 1.807) is 25.1 Å². The first-order chi connectivity index (χ1) is 14.8. The van der Waals surface area contributed by atoms with Gasteiger partial charge in [0.05, 0.1) is 15.5 Å². The Morgan fingerprint density at radius 2 is 1.94 bits per heavy atom. The zero-order chi connectivity index (χ0) is 22.2. The van der Waals surface area contributed by atoms with Crippen LogP contribution in [-0.4, -0.2) is 19.2 Å². The maximum atomic E-state index is 13.4. The Labute approximate surface area is 179 Å². The number of nitro groups is 1. The summed E-state index contributed by atoms with van der Waals surface area (Å²) in [4.78, 5) is 23.1. The van der Waals surface area contributed by atoms with Gasteiger partial charge in [0.15, 0.2) is 0 Å². The number of hydrogen-bond donors (Lipinski definition) is 0. The lowest BCUT2D eigenvalue weighted by Gasteiger charge is -2.22. The topological polar surface area (TPSA) is 111 Å². The van der Waals surface area contributed by atoms with Gasteiger partial charge in [-0.05, 0) is 49.9 Å². The molecule has 3 aromatic rings. The van der Waals surface area contributed by atoms with Crippen molar-refractivity contribution in [3.63, 3.8) is 0 Å². The van der Waals surface area contributed by atoms with Crippen molar-refractivity contribution in [3.05, 3.63) is 63.9 Å². The van der Waals surface area contributed by atoms with Crippen LogP contribution in [0.15, 0.2) is 51.8 Å². The minimum absolute atomic E-state index is 0.0235. The van der Waals surface area contributed by atoms with Crippen molar-refractivity contribution in [1.29, 1.82) is 0 Å². The van der Waals surface area contributed by atoms with Crippen LogP contribution in [0.25, 0.3) is 11.0 Å². The highest BCUT2D eigenvalue weighted by Crippen LogP contribution is 2.36. The molecule has 4 rings (SSSR count). The van der Waals surface area contributed by atoms with Gasteiger partial charge in [-0.15, -0.1) is 0 Å². The lowest BCUT2D eigenvalue weighted by atomic mass is 9.96. The monoisotopic (exact) mass is 442 g/mol. The van der Waals surface area contributed by atoms with Gasteiger partial charge in [-0.1, -0.05) is 13.0 Å². The molecule has 0 saturated carbocycles. The van der Waals surface area contributed by atoms with Crippen LogP contribution in [0.3, 0.4) is 0 Å². The molecule has 8 nitrogen and oxygen atoms in total. The molecule has 1 heterocycles. The molecule has 2 aromatic carbocycles. The number of non-ortho nitro benzene ring substituents is 1. The van der Waals surface area contributed by atoms with Crippen molar-refractivity contribution in [2.24, 2.45) is 0 Å². The summed E-state index contributed by atoms with van der Waals surface area (Å²) in [6.07, 6.45) is 4.23. The summed E-state index contributed by atoms with van der Waals surface area (Å²) in [5, 5.41) is 11.9. The molecule has 0 fully saturated rings. The Morgan fingerprint density at radius 3 is 2.68 bits per heavy atom. The van der Waals surface area contributed by atoms with E-state index in [9.17, 15) is 23.3 Å². The molecule has 0 N–H and O–H groups in total. The number of aryl methyl sites for hydroxylation is 2. The smallest absolute Gasteiger partial charge is 0.271 e. The molecule has 1 aromatic heterocycles. The molecule has 1 aliphatic carbocycles. The number of anilines is 1. The number of furan rings is 1. The third kappa shape index (κ3) is 3.81. The van der Waals surface area contributed by atoms with E-state index in [2.05, 4.69) is 0 Å². The molecule has 0 atom stereocenters. The van der Waals surface area contributed by atoms with E-state index in [-0.39, 0.29) is 22.7 Å². The number of carbonyl (C=O) groups excluding carboxylic acids is 1. The van der Waals surface area contributed by atoms with Crippen LogP contribution in [-0.2, 0) is 27.7 Å². The second-order valence-corrected chi connectivity index (χ2v) is 9.35.